The number of hydrogen-bond donors (Lipinski definition) is 0. The third-order valence-corrected chi connectivity index (χ3v) is 1.31. The van der Waals surface area contributed by atoms with Crippen LogP contribution < -0.4 is 4.74 Å². The second-order valence-corrected chi connectivity index (χ2v) is 3.76. The van der Waals surface area contributed by atoms with Crippen molar-refractivity contribution in [2.45, 2.75) is 26.4 Å². The smallest absolute Gasteiger partial charge is 0.213 e. The molecule has 70 valence electrons. The molecule has 0 saturated heterocycles. The summed E-state index contributed by atoms with van der Waals surface area (Å²) in [6.45, 7) is 5.84. The monoisotopic (exact) mass is 179 g/mol. The van der Waals surface area contributed by atoms with Crippen LogP contribution in [0.25, 0.3) is 0 Å². The highest BCUT2D eigenvalue weighted by atomic mass is 16.5. The van der Waals surface area contributed by atoms with Gasteiger partial charge in [0.05, 0.1) is 0 Å². The third-order valence-electron chi connectivity index (χ3n) is 1.31. The van der Waals surface area contributed by atoms with Crippen LogP contribution in [-0.2, 0) is 0 Å². The first kappa shape index (κ1) is 9.71. The van der Waals surface area contributed by atoms with E-state index < -0.39 is 0 Å². The quantitative estimate of drug-likeness (QED) is 0.652. The summed E-state index contributed by atoms with van der Waals surface area (Å²) in [6.07, 6.45) is 2.25. The number of pyridine rings is 1. The summed E-state index contributed by atoms with van der Waals surface area (Å²) in [6, 6.07) is 3.37. The zero-order valence-electron chi connectivity index (χ0n) is 8.07. The normalized spacial score (nSPS) is 11.0. The van der Waals surface area contributed by atoms with E-state index >= 15 is 0 Å². The second kappa shape index (κ2) is 3.56. The molecule has 1 heterocycles. The molecule has 0 amide bonds. The minimum atomic E-state index is -0.254. The van der Waals surface area contributed by atoms with Gasteiger partial charge in [-0.2, -0.15) is 0 Å². The van der Waals surface area contributed by atoms with Crippen molar-refractivity contribution in [2.75, 3.05) is 0 Å². The van der Waals surface area contributed by atoms with Crippen molar-refractivity contribution in [1.29, 1.82) is 0 Å². The van der Waals surface area contributed by atoms with Crippen molar-refractivity contribution in [3.8, 4) is 5.88 Å². The summed E-state index contributed by atoms with van der Waals surface area (Å²) in [5, 5.41) is 0. The summed E-state index contributed by atoms with van der Waals surface area (Å²) in [5.41, 5.74) is 0.302. The van der Waals surface area contributed by atoms with Gasteiger partial charge in [-0.15, -0.1) is 0 Å². The molecular weight excluding hydrogens is 166 g/mol. The van der Waals surface area contributed by atoms with Gasteiger partial charge in [0.1, 0.15) is 5.60 Å². The van der Waals surface area contributed by atoms with Crippen molar-refractivity contribution >= 4 is 6.29 Å². The molecular formula is C10H13NO2. The Morgan fingerprint density at radius 2 is 2.08 bits per heavy atom. The predicted molar refractivity (Wildman–Crippen MR) is 50.0 cm³/mol. The Kier molecular flexibility index (Phi) is 2.66. The van der Waals surface area contributed by atoms with Gasteiger partial charge in [0.2, 0.25) is 5.88 Å². The standard InChI is InChI=1S/C10H13NO2/c1-10(2,3)13-9-5-4-8(7-12)6-11-9/h4-7H,1-3H3. The molecule has 0 spiro atoms. The number of carbonyl (C=O) groups is 1. The maximum Gasteiger partial charge on any atom is 0.213 e. The van der Waals surface area contributed by atoms with Crippen LogP contribution in [-0.4, -0.2) is 16.9 Å². The van der Waals surface area contributed by atoms with Crippen LogP contribution in [0.5, 0.6) is 5.88 Å². The number of aromatic nitrogens is 1. The average Bonchev–Trinajstić information content (AvgIpc) is 2.03. The lowest BCUT2D eigenvalue weighted by molar-refractivity contribution is 0.112. The van der Waals surface area contributed by atoms with E-state index in [-0.39, 0.29) is 5.60 Å². The van der Waals surface area contributed by atoms with Gasteiger partial charge in [0.25, 0.3) is 0 Å². The maximum absolute atomic E-state index is 10.3. The highest BCUT2D eigenvalue weighted by molar-refractivity contribution is 5.73. The summed E-state index contributed by atoms with van der Waals surface area (Å²) < 4.78 is 5.47. The lowest BCUT2D eigenvalue weighted by Gasteiger charge is -2.19. The first-order valence-corrected chi connectivity index (χ1v) is 4.11. The minimum Gasteiger partial charge on any atom is -0.472 e. The molecule has 0 atom stereocenters. The topological polar surface area (TPSA) is 39.2 Å². The number of nitrogens with zero attached hydrogens (tertiary/aromatic N) is 1. The second-order valence-electron chi connectivity index (χ2n) is 3.76. The summed E-state index contributed by atoms with van der Waals surface area (Å²) in [4.78, 5) is 14.3. The summed E-state index contributed by atoms with van der Waals surface area (Å²) >= 11 is 0. The van der Waals surface area contributed by atoms with Gasteiger partial charge in [0, 0.05) is 17.8 Å². The van der Waals surface area contributed by atoms with Crippen LogP contribution in [0.1, 0.15) is 31.1 Å². The molecule has 1 rings (SSSR count). The van der Waals surface area contributed by atoms with E-state index in [1.54, 1.807) is 12.1 Å². The van der Waals surface area contributed by atoms with Gasteiger partial charge >= 0.3 is 0 Å². The molecule has 1 aromatic heterocycles. The van der Waals surface area contributed by atoms with Crippen molar-refractivity contribution in [1.82, 2.24) is 4.98 Å². The lowest BCUT2D eigenvalue weighted by Crippen LogP contribution is -2.23. The molecule has 1 aromatic rings. The Morgan fingerprint density at radius 1 is 1.38 bits per heavy atom. The highest BCUT2D eigenvalue weighted by Gasteiger charge is 2.11. The van der Waals surface area contributed by atoms with Gasteiger partial charge in [-0.1, -0.05) is 0 Å². The number of aldehydes is 1. The Hall–Kier alpha value is -1.38. The van der Waals surface area contributed by atoms with Crippen LogP contribution in [0.4, 0.5) is 0 Å². The molecule has 0 aromatic carbocycles. The predicted octanol–water partition coefficient (Wildman–Crippen LogP) is 2.07. The third kappa shape index (κ3) is 3.23. The molecule has 0 bridgehead atoms. The lowest BCUT2D eigenvalue weighted by atomic mass is 10.2. The molecule has 0 radical (unpaired) electrons. The van der Waals surface area contributed by atoms with Gasteiger partial charge in [-0.25, -0.2) is 4.98 Å². The van der Waals surface area contributed by atoms with Gasteiger partial charge in [-0.3, -0.25) is 4.79 Å². The van der Waals surface area contributed by atoms with E-state index in [1.807, 2.05) is 20.8 Å². The Labute approximate surface area is 77.8 Å². The fraction of sp³-hybridized carbons (Fsp3) is 0.400. The van der Waals surface area contributed by atoms with Crippen molar-refractivity contribution in [3.05, 3.63) is 23.9 Å². The summed E-state index contributed by atoms with van der Waals surface area (Å²) in [7, 11) is 0. The van der Waals surface area contributed by atoms with Crippen LogP contribution in [0.3, 0.4) is 0 Å². The Balaban J connectivity index is 2.75. The molecule has 13 heavy (non-hydrogen) atoms. The van der Waals surface area contributed by atoms with Crippen molar-refractivity contribution in [2.24, 2.45) is 0 Å². The van der Waals surface area contributed by atoms with E-state index in [0.717, 1.165) is 6.29 Å². The van der Waals surface area contributed by atoms with Crippen LogP contribution >= 0.6 is 0 Å². The molecule has 0 saturated carbocycles. The van der Waals surface area contributed by atoms with E-state index in [9.17, 15) is 4.79 Å². The van der Waals surface area contributed by atoms with E-state index in [1.165, 1.54) is 6.20 Å². The first-order valence-electron chi connectivity index (χ1n) is 4.11. The molecule has 0 aliphatic carbocycles. The van der Waals surface area contributed by atoms with E-state index in [4.69, 9.17) is 4.74 Å². The highest BCUT2D eigenvalue weighted by Crippen LogP contribution is 2.14. The Bertz CT molecular complexity index is 285. The van der Waals surface area contributed by atoms with Crippen LogP contribution in [0.2, 0.25) is 0 Å². The molecule has 0 aliphatic heterocycles. The summed E-state index contributed by atoms with van der Waals surface area (Å²) in [5.74, 6) is 0.540. The number of ether oxygens (including phenoxy) is 1. The van der Waals surface area contributed by atoms with Gasteiger partial charge < -0.3 is 4.74 Å². The maximum atomic E-state index is 10.3. The molecule has 0 N–H and O–H groups in total. The fourth-order valence-electron chi connectivity index (χ4n) is 0.836. The number of hydrogen-bond acceptors (Lipinski definition) is 3. The largest absolute Gasteiger partial charge is 0.472 e. The SMILES string of the molecule is CC(C)(C)Oc1ccc(C=O)cn1. The van der Waals surface area contributed by atoms with Crippen LogP contribution in [0.15, 0.2) is 18.3 Å². The van der Waals surface area contributed by atoms with Gasteiger partial charge in [0.15, 0.2) is 6.29 Å². The zero-order valence-corrected chi connectivity index (χ0v) is 8.07. The van der Waals surface area contributed by atoms with Crippen molar-refractivity contribution in [3.63, 3.8) is 0 Å². The Morgan fingerprint density at radius 3 is 2.46 bits per heavy atom. The first-order chi connectivity index (χ1) is 6.01. The van der Waals surface area contributed by atoms with E-state index in [0.29, 0.717) is 11.4 Å². The molecule has 0 aliphatic rings. The molecule has 3 nitrogen and oxygen atoms in total. The zero-order chi connectivity index (χ0) is 9.90. The minimum absolute atomic E-state index is 0.254. The van der Waals surface area contributed by atoms with Crippen LogP contribution in [0, 0.1) is 0 Å². The number of carbonyl (C=O) groups excluding carboxylic acids is 1. The fourth-order valence-corrected chi connectivity index (χ4v) is 0.836. The van der Waals surface area contributed by atoms with Gasteiger partial charge in [-0.05, 0) is 26.8 Å². The molecule has 3 heteroatoms. The molecule has 0 unspecified atom stereocenters. The van der Waals surface area contributed by atoms with Crippen molar-refractivity contribution < 1.29 is 9.53 Å². The average molecular weight is 179 g/mol. The molecule has 0 fully saturated rings. The van der Waals surface area contributed by atoms with E-state index in [2.05, 4.69) is 4.98 Å². The number of rotatable bonds is 2.